The molecule has 0 amide bonds. The van der Waals surface area contributed by atoms with Crippen LogP contribution in [0.25, 0.3) is 0 Å². The Kier molecular flexibility index (Phi) is 3.21. The van der Waals surface area contributed by atoms with E-state index in [-0.39, 0.29) is 0 Å². The minimum atomic E-state index is 0.590. The maximum atomic E-state index is 5.93. The van der Waals surface area contributed by atoms with Crippen LogP contribution in [0.4, 0.5) is 17.6 Å². The van der Waals surface area contributed by atoms with Gasteiger partial charge >= 0.3 is 0 Å². The molecule has 0 saturated carbocycles. The van der Waals surface area contributed by atoms with Gasteiger partial charge in [0.15, 0.2) is 0 Å². The van der Waals surface area contributed by atoms with Crippen molar-refractivity contribution in [3.05, 3.63) is 6.07 Å². The molecule has 0 unspecified atom stereocenters. The van der Waals surface area contributed by atoms with Gasteiger partial charge in [-0.15, -0.1) is 0 Å². The van der Waals surface area contributed by atoms with Crippen LogP contribution in [0.1, 0.15) is 32.1 Å². The molecule has 3 heterocycles. The first-order valence-corrected chi connectivity index (χ1v) is 6.97. The van der Waals surface area contributed by atoms with E-state index in [1.54, 1.807) is 0 Å². The van der Waals surface area contributed by atoms with Crippen molar-refractivity contribution in [1.29, 1.82) is 0 Å². The van der Waals surface area contributed by atoms with Gasteiger partial charge < -0.3 is 15.5 Å². The van der Waals surface area contributed by atoms with Crippen LogP contribution < -0.4 is 15.5 Å². The lowest BCUT2D eigenvalue weighted by Crippen LogP contribution is -2.31. The Morgan fingerprint density at radius 3 is 2.17 bits per heavy atom. The lowest BCUT2D eigenvalue weighted by Gasteiger charge is -2.28. The highest BCUT2D eigenvalue weighted by Gasteiger charge is 2.19. The highest BCUT2D eigenvalue weighted by Crippen LogP contribution is 2.23. The maximum Gasteiger partial charge on any atom is 0.229 e. The van der Waals surface area contributed by atoms with Gasteiger partial charge in [-0.2, -0.15) is 9.97 Å². The lowest BCUT2D eigenvalue weighted by atomic mass is 10.1. The molecule has 0 aliphatic carbocycles. The summed E-state index contributed by atoms with van der Waals surface area (Å²) < 4.78 is 0. The summed E-state index contributed by atoms with van der Waals surface area (Å²) >= 11 is 0. The van der Waals surface area contributed by atoms with Crippen molar-refractivity contribution < 1.29 is 0 Å². The molecule has 2 aliphatic rings. The summed E-state index contributed by atoms with van der Waals surface area (Å²) in [5.74, 6) is 2.41. The Balaban J connectivity index is 1.84. The molecule has 2 saturated heterocycles. The van der Waals surface area contributed by atoms with Crippen molar-refractivity contribution in [3.63, 3.8) is 0 Å². The van der Waals surface area contributed by atoms with Gasteiger partial charge in [-0.3, -0.25) is 0 Å². The van der Waals surface area contributed by atoms with Gasteiger partial charge in [0.1, 0.15) is 11.6 Å². The average molecular weight is 247 g/mol. The third-order valence-electron chi connectivity index (χ3n) is 3.79. The van der Waals surface area contributed by atoms with Gasteiger partial charge in [-0.05, 0) is 32.1 Å². The van der Waals surface area contributed by atoms with Gasteiger partial charge in [0.05, 0.1) is 0 Å². The van der Waals surface area contributed by atoms with Crippen molar-refractivity contribution in [3.8, 4) is 0 Å². The van der Waals surface area contributed by atoms with E-state index >= 15 is 0 Å². The Morgan fingerprint density at radius 1 is 0.833 bits per heavy atom. The Morgan fingerprint density at radius 2 is 1.44 bits per heavy atom. The number of rotatable bonds is 2. The van der Waals surface area contributed by atoms with E-state index < -0.39 is 0 Å². The fourth-order valence-corrected chi connectivity index (χ4v) is 2.78. The molecule has 1 aromatic heterocycles. The number of piperidine rings is 1. The third kappa shape index (κ3) is 2.35. The van der Waals surface area contributed by atoms with Crippen LogP contribution in [0.2, 0.25) is 0 Å². The number of nitrogen functional groups attached to an aromatic ring is 1. The summed E-state index contributed by atoms with van der Waals surface area (Å²) in [7, 11) is 0. The molecule has 18 heavy (non-hydrogen) atoms. The molecule has 2 aliphatic heterocycles. The zero-order valence-electron chi connectivity index (χ0n) is 10.8. The zero-order chi connectivity index (χ0) is 12.4. The summed E-state index contributed by atoms with van der Waals surface area (Å²) in [6, 6.07) is 1.91. The topological polar surface area (TPSA) is 58.3 Å². The molecule has 5 heteroatoms. The van der Waals surface area contributed by atoms with Gasteiger partial charge in [0.2, 0.25) is 5.95 Å². The summed E-state index contributed by atoms with van der Waals surface area (Å²) in [4.78, 5) is 13.7. The van der Waals surface area contributed by atoms with Crippen molar-refractivity contribution in [2.75, 3.05) is 41.7 Å². The molecule has 1 aromatic rings. The first-order valence-electron chi connectivity index (χ1n) is 6.97. The molecule has 0 spiro atoms. The summed E-state index contributed by atoms with van der Waals surface area (Å²) in [5, 5.41) is 0. The number of nitrogens with two attached hydrogens (primary N) is 1. The molecule has 2 fully saturated rings. The first-order chi connectivity index (χ1) is 8.83. The second kappa shape index (κ2) is 5.00. The molecular weight excluding hydrogens is 226 g/mol. The van der Waals surface area contributed by atoms with Gasteiger partial charge in [-0.25, -0.2) is 0 Å². The summed E-state index contributed by atoms with van der Waals surface area (Å²) in [6.45, 7) is 4.30. The number of nitrogens with zero attached hydrogens (tertiary/aromatic N) is 4. The first kappa shape index (κ1) is 11.6. The molecule has 0 atom stereocenters. The van der Waals surface area contributed by atoms with Crippen LogP contribution in [-0.2, 0) is 0 Å². The summed E-state index contributed by atoms with van der Waals surface area (Å²) in [6.07, 6.45) is 6.30. The van der Waals surface area contributed by atoms with Crippen LogP contribution in [-0.4, -0.2) is 36.1 Å². The number of hydrogen-bond acceptors (Lipinski definition) is 5. The summed E-state index contributed by atoms with van der Waals surface area (Å²) in [5.41, 5.74) is 5.93. The molecule has 98 valence electrons. The maximum absolute atomic E-state index is 5.93. The number of aromatic nitrogens is 2. The molecule has 3 rings (SSSR count). The largest absolute Gasteiger partial charge is 0.383 e. The van der Waals surface area contributed by atoms with E-state index in [0.717, 1.165) is 37.9 Å². The second-order valence-electron chi connectivity index (χ2n) is 5.19. The molecule has 5 nitrogen and oxygen atoms in total. The predicted molar refractivity (Wildman–Crippen MR) is 74.0 cm³/mol. The molecule has 0 bridgehead atoms. The standard InChI is InChI=1S/C13H21N5/c14-11-10-12(17-6-2-1-3-7-17)16-13(15-11)18-8-4-5-9-18/h10H,1-9H2,(H2,14,15,16). The average Bonchev–Trinajstić information content (AvgIpc) is 2.93. The van der Waals surface area contributed by atoms with Crippen LogP contribution in [0, 0.1) is 0 Å². The van der Waals surface area contributed by atoms with E-state index in [1.165, 1.54) is 32.1 Å². The Bertz CT molecular complexity index is 408. The van der Waals surface area contributed by atoms with Crippen LogP contribution >= 0.6 is 0 Å². The normalized spacial score (nSPS) is 20.4. The van der Waals surface area contributed by atoms with Crippen molar-refractivity contribution in [1.82, 2.24) is 9.97 Å². The fraction of sp³-hybridized carbons (Fsp3) is 0.692. The molecule has 2 N–H and O–H groups in total. The smallest absolute Gasteiger partial charge is 0.229 e. The van der Waals surface area contributed by atoms with Crippen molar-refractivity contribution in [2.24, 2.45) is 0 Å². The van der Waals surface area contributed by atoms with Crippen molar-refractivity contribution >= 4 is 17.6 Å². The van der Waals surface area contributed by atoms with Crippen LogP contribution in [0.15, 0.2) is 6.07 Å². The lowest BCUT2D eigenvalue weighted by molar-refractivity contribution is 0.573. The van der Waals surface area contributed by atoms with Gasteiger partial charge in [0, 0.05) is 32.2 Å². The quantitative estimate of drug-likeness (QED) is 0.861. The minimum absolute atomic E-state index is 0.590. The monoisotopic (exact) mass is 247 g/mol. The predicted octanol–water partition coefficient (Wildman–Crippen LogP) is 1.65. The molecule has 0 aromatic carbocycles. The van der Waals surface area contributed by atoms with E-state index in [9.17, 15) is 0 Å². The number of hydrogen-bond donors (Lipinski definition) is 1. The SMILES string of the molecule is Nc1cc(N2CCCCC2)nc(N2CCCC2)n1. The Hall–Kier alpha value is -1.52. The molecule has 0 radical (unpaired) electrons. The highest BCUT2D eigenvalue weighted by atomic mass is 15.3. The second-order valence-corrected chi connectivity index (χ2v) is 5.19. The van der Waals surface area contributed by atoms with E-state index in [4.69, 9.17) is 10.7 Å². The van der Waals surface area contributed by atoms with E-state index in [1.807, 2.05) is 6.07 Å². The third-order valence-corrected chi connectivity index (χ3v) is 3.79. The minimum Gasteiger partial charge on any atom is -0.383 e. The van der Waals surface area contributed by atoms with E-state index in [0.29, 0.717) is 5.82 Å². The fourth-order valence-electron chi connectivity index (χ4n) is 2.78. The van der Waals surface area contributed by atoms with Gasteiger partial charge in [-0.1, -0.05) is 0 Å². The zero-order valence-corrected chi connectivity index (χ0v) is 10.8. The Labute approximate surface area is 108 Å². The van der Waals surface area contributed by atoms with Crippen LogP contribution in [0.3, 0.4) is 0 Å². The van der Waals surface area contributed by atoms with Crippen LogP contribution in [0.5, 0.6) is 0 Å². The van der Waals surface area contributed by atoms with E-state index in [2.05, 4.69) is 14.8 Å². The molecular formula is C13H21N5. The highest BCUT2D eigenvalue weighted by molar-refractivity contribution is 5.52. The van der Waals surface area contributed by atoms with Crippen molar-refractivity contribution in [2.45, 2.75) is 32.1 Å². The number of anilines is 3. The van der Waals surface area contributed by atoms with Gasteiger partial charge in [0.25, 0.3) is 0 Å².